The van der Waals surface area contributed by atoms with Crippen LogP contribution in [0.15, 0.2) is 29.3 Å². The summed E-state index contributed by atoms with van der Waals surface area (Å²) in [6, 6.07) is 8.50. The molecule has 0 aliphatic rings. The molecule has 0 fully saturated rings. The maximum absolute atomic E-state index is 4.22. The van der Waals surface area contributed by atoms with Crippen molar-refractivity contribution in [3.63, 3.8) is 0 Å². The van der Waals surface area contributed by atoms with Crippen LogP contribution in [-0.2, 0) is 6.54 Å². The first-order chi connectivity index (χ1) is 9.11. The second kappa shape index (κ2) is 8.53. The first-order valence-electron chi connectivity index (χ1n) is 6.76. The second-order valence-electron chi connectivity index (χ2n) is 5.00. The standard InChI is InChI=1S/C15H26N4/c1-13-7-5-8-14(11-13)12-18-15(16-2)17-9-6-10-19(3)4/h5,7-8,11H,6,9-10,12H2,1-4H3,(H2,16,17,18). The van der Waals surface area contributed by atoms with Gasteiger partial charge in [-0.05, 0) is 39.5 Å². The van der Waals surface area contributed by atoms with Gasteiger partial charge in [0.1, 0.15) is 0 Å². The summed E-state index contributed by atoms with van der Waals surface area (Å²) in [5, 5.41) is 6.65. The van der Waals surface area contributed by atoms with Gasteiger partial charge in [0.25, 0.3) is 0 Å². The van der Waals surface area contributed by atoms with Crippen molar-refractivity contribution in [1.29, 1.82) is 0 Å². The van der Waals surface area contributed by atoms with Crippen LogP contribution in [0.5, 0.6) is 0 Å². The van der Waals surface area contributed by atoms with E-state index in [1.165, 1.54) is 11.1 Å². The Morgan fingerprint density at radius 3 is 2.68 bits per heavy atom. The number of hydrogen-bond acceptors (Lipinski definition) is 2. The largest absolute Gasteiger partial charge is 0.356 e. The van der Waals surface area contributed by atoms with Crippen LogP contribution in [0.4, 0.5) is 0 Å². The smallest absolute Gasteiger partial charge is 0.191 e. The Bertz CT molecular complexity index is 399. The number of aryl methyl sites for hydroxylation is 1. The van der Waals surface area contributed by atoms with Gasteiger partial charge in [-0.2, -0.15) is 0 Å². The van der Waals surface area contributed by atoms with Crippen LogP contribution in [0, 0.1) is 6.92 Å². The van der Waals surface area contributed by atoms with Crippen molar-refractivity contribution >= 4 is 5.96 Å². The van der Waals surface area contributed by atoms with E-state index >= 15 is 0 Å². The van der Waals surface area contributed by atoms with Crippen molar-refractivity contribution in [3.05, 3.63) is 35.4 Å². The van der Waals surface area contributed by atoms with Gasteiger partial charge in [-0.25, -0.2) is 0 Å². The van der Waals surface area contributed by atoms with Crippen molar-refractivity contribution in [2.24, 2.45) is 4.99 Å². The lowest BCUT2D eigenvalue weighted by atomic mass is 10.1. The minimum Gasteiger partial charge on any atom is -0.356 e. The Morgan fingerprint density at radius 1 is 1.26 bits per heavy atom. The molecule has 0 bridgehead atoms. The highest BCUT2D eigenvalue weighted by Gasteiger charge is 1.98. The molecule has 0 aliphatic carbocycles. The monoisotopic (exact) mass is 262 g/mol. The van der Waals surface area contributed by atoms with E-state index in [2.05, 4.69) is 65.8 Å². The molecule has 0 saturated heterocycles. The average molecular weight is 262 g/mol. The molecule has 0 aromatic heterocycles. The van der Waals surface area contributed by atoms with Crippen LogP contribution < -0.4 is 10.6 Å². The number of aliphatic imine (C=N–C) groups is 1. The maximum Gasteiger partial charge on any atom is 0.191 e. The Morgan fingerprint density at radius 2 is 2.05 bits per heavy atom. The Labute approximate surface area is 116 Å². The van der Waals surface area contributed by atoms with E-state index in [1.54, 1.807) is 7.05 Å². The van der Waals surface area contributed by atoms with Gasteiger partial charge in [0, 0.05) is 20.1 Å². The van der Waals surface area contributed by atoms with Crippen molar-refractivity contribution in [2.75, 3.05) is 34.2 Å². The molecule has 1 rings (SSSR count). The zero-order chi connectivity index (χ0) is 14.1. The quantitative estimate of drug-likeness (QED) is 0.465. The maximum atomic E-state index is 4.22. The van der Waals surface area contributed by atoms with Gasteiger partial charge >= 0.3 is 0 Å². The molecule has 0 heterocycles. The number of hydrogen-bond donors (Lipinski definition) is 2. The zero-order valence-corrected chi connectivity index (χ0v) is 12.5. The first kappa shape index (κ1) is 15.5. The molecule has 1 aromatic carbocycles. The van der Waals surface area contributed by atoms with Gasteiger partial charge in [-0.15, -0.1) is 0 Å². The van der Waals surface area contributed by atoms with E-state index in [1.807, 2.05) is 0 Å². The molecular weight excluding hydrogens is 236 g/mol. The van der Waals surface area contributed by atoms with Crippen LogP contribution in [0.3, 0.4) is 0 Å². The zero-order valence-electron chi connectivity index (χ0n) is 12.5. The SMILES string of the molecule is CN=C(NCCCN(C)C)NCc1cccc(C)c1. The third-order valence-electron chi connectivity index (χ3n) is 2.84. The molecule has 4 heteroatoms. The van der Waals surface area contributed by atoms with Crippen LogP contribution >= 0.6 is 0 Å². The molecule has 106 valence electrons. The lowest BCUT2D eigenvalue weighted by molar-refractivity contribution is 0.399. The van der Waals surface area contributed by atoms with Crippen molar-refractivity contribution < 1.29 is 0 Å². The summed E-state index contributed by atoms with van der Waals surface area (Å²) < 4.78 is 0. The third kappa shape index (κ3) is 6.82. The number of nitrogens with one attached hydrogen (secondary N) is 2. The minimum absolute atomic E-state index is 0.801. The summed E-state index contributed by atoms with van der Waals surface area (Å²) in [5.41, 5.74) is 2.56. The molecule has 0 amide bonds. The van der Waals surface area contributed by atoms with E-state index in [4.69, 9.17) is 0 Å². The molecule has 0 radical (unpaired) electrons. The van der Waals surface area contributed by atoms with Crippen LogP contribution in [0.2, 0.25) is 0 Å². The molecule has 0 unspecified atom stereocenters. The Kier molecular flexibility index (Phi) is 6.97. The molecule has 4 nitrogen and oxygen atoms in total. The molecule has 1 aromatic rings. The predicted molar refractivity (Wildman–Crippen MR) is 82.6 cm³/mol. The number of rotatable bonds is 6. The van der Waals surface area contributed by atoms with Gasteiger partial charge in [0.05, 0.1) is 0 Å². The third-order valence-corrected chi connectivity index (χ3v) is 2.84. The number of nitrogens with zero attached hydrogens (tertiary/aromatic N) is 2. The molecule has 2 N–H and O–H groups in total. The lowest BCUT2D eigenvalue weighted by Gasteiger charge is -2.13. The first-order valence-corrected chi connectivity index (χ1v) is 6.76. The van der Waals surface area contributed by atoms with Gasteiger partial charge < -0.3 is 15.5 Å². The van der Waals surface area contributed by atoms with Gasteiger partial charge in [0.2, 0.25) is 0 Å². The normalized spacial score (nSPS) is 11.7. The summed E-state index contributed by atoms with van der Waals surface area (Å²) in [4.78, 5) is 6.41. The van der Waals surface area contributed by atoms with E-state index in [9.17, 15) is 0 Å². The van der Waals surface area contributed by atoms with Gasteiger partial charge in [0.15, 0.2) is 5.96 Å². The van der Waals surface area contributed by atoms with E-state index in [0.717, 1.165) is 32.0 Å². The molecule has 19 heavy (non-hydrogen) atoms. The fraction of sp³-hybridized carbons (Fsp3) is 0.533. The highest BCUT2D eigenvalue weighted by Crippen LogP contribution is 2.02. The number of guanidine groups is 1. The molecular formula is C15H26N4. The molecule has 0 spiro atoms. The number of benzene rings is 1. The van der Waals surface area contributed by atoms with Crippen molar-refractivity contribution in [2.45, 2.75) is 19.9 Å². The van der Waals surface area contributed by atoms with Crippen molar-refractivity contribution in [3.8, 4) is 0 Å². The minimum atomic E-state index is 0.801. The van der Waals surface area contributed by atoms with Crippen molar-refractivity contribution in [1.82, 2.24) is 15.5 Å². The summed E-state index contributed by atoms with van der Waals surface area (Å²) in [6.45, 7) is 4.93. The highest BCUT2D eigenvalue weighted by molar-refractivity contribution is 5.79. The summed E-state index contributed by atoms with van der Waals surface area (Å²) >= 11 is 0. The molecule has 0 saturated carbocycles. The summed E-state index contributed by atoms with van der Waals surface area (Å²) in [5.74, 6) is 0.861. The predicted octanol–water partition coefficient (Wildman–Crippen LogP) is 1.61. The van der Waals surface area contributed by atoms with Gasteiger partial charge in [-0.1, -0.05) is 29.8 Å². The van der Waals surface area contributed by atoms with E-state index < -0.39 is 0 Å². The highest BCUT2D eigenvalue weighted by atomic mass is 15.2. The molecule has 0 aliphatic heterocycles. The fourth-order valence-corrected chi connectivity index (χ4v) is 1.83. The van der Waals surface area contributed by atoms with E-state index in [-0.39, 0.29) is 0 Å². The topological polar surface area (TPSA) is 39.7 Å². The summed E-state index contributed by atoms with van der Waals surface area (Å²) in [7, 11) is 5.98. The van der Waals surface area contributed by atoms with Crippen LogP contribution in [0.1, 0.15) is 17.5 Å². The Hall–Kier alpha value is -1.55. The van der Waals surface area contributed by atoms with Crippen LogP contribution in [-0.4, -0.2) is 45.1 Å². The summed E-state index contributed by atoms with van der Waals surface area (Å²) in [6.07, 6.45) is 1.11. The molecule has 0 atom stereocenters. The van der Waals surface area contributed by atoms with E-state index in [0.29, 0.717) is 0 Å². The lowest BCUT2D eigenvalue weighted by Crippen LogP contribution is -2.38. The fourth-order valence-electron chi connectivity index (χ4n) is 1.83. The average Bonchev–Trinajstić information content (AvgIpc) is 2.37. The Balaban J connectivity index is 2.29. The second-order valence-corrected chi connectivity index (χ2v) is 5.00. The van der Waals surface area contributed by atoms with Crippen LogP contribution in [0.25, 0.3) is 0 Å². The van der Waals surface area contributed by atoms with Gasteiger partial charge in [-0.3, -0.25) is 4.99 Å².